The van der Waals surface area contributed by atoms with Crippen LogP contribution in [0.4, 0.5) is 5.69 Å². The van der Waals surface area contributed by atoms with Gasteiger partial charge in [0.2, 0.25) is 0 Å². The van der Waals surface area contributed by atoms with Gasteiger partial charge >= 0.3 is 0 Å². The molecule has 2 N–H and O–H groups in total. The van der Waals surface area contributed by atoms with Crippen LogP contribution in [-0.4, -0.2) is 34.2 Å². The molecule has 1 aromatic heterocycles. The minimum Gasteiger partial charge on any atom is -0.395 e. The van der Waals surface area contributed by atoms with E-state index in [0.29, 0.717) is 5.56 Å². The van der Waals surface area contributed by atoms with Crippen LogP contribution in [0, 0.1) is 25.2 Å². The van der Waals surface area contributed by atoms with Crippen molar-refractivity contribution in [3.05, 3.63) is 23.0 Å². The number of nitrogens with zero attached hydrogens (tertiary/aromatic N) is 2. The van der Waals surface area contributed by atoms with Crippen molar-refractivity contribution in [3.63, 3.8) is 0 Å². The van der Waals surface area contributed by atoms with Crippen LogP contribution in [0.1, 0.15) is 23.9 Å². The standard InChI is InChI=1S/C13H19N3OS/c1-8-5-12(11(6-14)9(2)15-8)16-10(3)13(7-17)18-4/h5,10,13,17H,7H2,1-4H3,(H,15,16). The molecule has 0 saturated heterocycles. The Balaban J connectivity index is 3.00. The van der Waals surface area contributed by atoms with E-state index in [-0.39, 0.29) is 17.9 Å². The Labute approximate surface area is 112 Å². The number of pyridine rings is 1. The maximum atomic E-state index is 9.27. The van der Waals surface area contributed by atoms with Crippen LogP contribution >= 0.6 is 11.8 Å². The van der Waals surface area contributed by atoms with Crippen molar-refractivity contribution in [1.29, 1.82) is 5.26 Å². The number of nitriles is 1. The monoisotopic (exact) mass is 265 g/mol. The van der Waals surface area contributed by atoms with Crippen LogP contribution < -0.4 is 5.32 Å². The quantitative estimate of drug-likeness (QED) is 0.853. The first-order valence-corrected chi connectivity index (χ1v) is 7.10. The predicted octanol–water partition coefficient (Wildman–Crippen LogP) is 2.09. The Morgan fingerprint density at radius 1 is 1.56 bits per heavy atom. The number of aliphatic hydroxyl groups excluding tert-OH is 1. The number of thioether (sulfide) groups is 1. The molecule has 0 spiro atoms. The van der Waals surface area contributed by atoms with Crippen molar-refractivity contribution in [2.24, 2.45) is 0 Å². The minimum atomic E-state index is 0.0818. The molecular formula is C13H19N3OS. The number of aromatic nitrogens is 1. The summed E-state index contributed by atoms with van der Waals surface area (Å²) in [6.45, 7) is 5.85. The van der Waals surface area contributed by atoms with Gasteiger partial charge in [0.25, 0.3) is 0 Å². The van der Waals surface area contributed by atoms with E-state index in [2.05, 4.69) is 16.4 Å². The van der Waals surface area contributed by atoms with Gasteiger partial charge in [-0.15, -0.1) is 0 Å². The van der Waals surface area contributed by atoms with E-state index in [1.165, 1.54) is 0 Å². The lowest BCUT2D eigenvalue weighted by atomic mass is 10.1. The molecule has 0 saturated carbocycles. The number of aliphatic hydroxyl groups is 1. The topological polar surface area (TPSA) is 68.9 Å². The average molecular weight is 265 g/mol. The molecule has 5 heteroatoms. The van der Waals surface area contributed by atoms with Crippen LogP contribution in [0.25, 0.3) is 0 Å². The number of hydrogen-bond donors (Lipinski definition) is 2. The second-order valence-corrected chi connectivity index (χ2v) is 5.35. The van der Waals surface area contributed by atoms with E-state index in [1.54, 1.807) is 11.8 Å². The molecule has 1 rings (SSSR count). The van der Waals surface area contributed by atoms with Crippen molar-refractivity contribution >= 4 is 17.4 Å². The molecule has 2 unspecified atom stereocenters. The van der Waals surface area contributed by atoms with Crippen molar-refractivity contribution < 1.29 is 5.11 Å². The highest BCUT2D eigenvalue weighted by molar-refractivity contribution is 7.99. The zero-order chi connectivity index (χ0) is 13.7. The van der Waals surface area contributed by atoms with E-state index >= 15 is 0 Å². The maximum absolute atomic E-state index is 9.27. The lowest BCUT2D eigenvalue weighted by Gasteiger charge is -2.23. The third-order valence-corrected chi connectivity index (χ3v) is 4.03. The number of anilines is 1. The fourth-order valence-electron chi connectivity index (χ4n) is 1.86. The number of rotatable bonds is 5. The molecule has 1 aromatic rings. The molecular weight excluding hydrogens is 246 g/mol. The highest BCUT2D eigenvalue weighted by Crippen LogP contribution is 2.22. The van der Waals surface area contributed by atoms with Gasteiger partial charge in [0.05, 0.1) is 23.6 Å². The fraction of sp³-hybridized carbons (Fsp3) is 0.538. The summed E-state index contributed by atoms with van der Waals surface area (Å²) >= 11 is 1.61. The SMILES string of the molecule is CSC(CO)C(C)Nc1cc(C)nc(C)c1C#N. The van der Waals surface area contributed by atoms with E-state index in [9.17, 15) is 10.4 Å². The Morgan fingerprint density at radius 3 is 2.72 bits per heavy atom. The third-order valence-electron chi connectivity index (χ3n) is 2.86. The van der Waals surface area contributed by atoms with Crippen LogP contribution in [-0.2, 0) is 0 Å². The lowest BCUT2D eigenvalue weighted by Crippen LogP contribution is -2.31. The minimum absolute atomic E-state index is 0.0818. The van der Waals surface area contributed by atoms with Crippen molar-refractivity contribution in [3.8, 4) is 6.07 Å². The second-order valence-electron chi connectivity index (χ2n) is 4.27. The highest BCUT2D eigenvalue weighted by Gasteiger charge is 2.17. The maximum Gasteiger partial charge on any atom is 0.103 e. The van der Waals surface area contributed by atoms with Gasteiger partial charge in [-0.25, -0.2) is 0 Å². The molecule has 0 aliphatic carbocycles. The average Bonchev–Trinajstić information content (AvgIpc) is 2.30. The van der Waals surface area contributed by atoms with Gasteiger partial charge in [0.15, 0.2) is 0 Å². The second kappa shape index (κ2) is 6.62. The molecule has 0 fully saturated rings. The normalized spacial score (nSPS) is 13.8. The summed E-state index contributed by atoms with van der Waals surface area (Å²) in [5, 5.41) is 21.8. The fourth-order valence-corrected chi connectivity index (χ4v) is 2.48. The highest BCUT2D eigenvalue weighted by atomic mass is 32.2. The zero-order valence-electron chi connectivity index (χ0n) is 11.2. The molecule has 0 bridgehead atoms. The summed E-state index contributed by atoms with van der Waals surface area (Å²) in [7, 11) is 0. The predicted molar refractivity (Wildman–Crippen MR) is 75.9 cm³/mol. The van der Waals surface area contributed by atoms with E-state index in [1.807, 2.05) is 33.1 Å². The van der Waals surface area contributed by atoms with Gasteiger partial charge in [0, 0.05) is 17.0 Å². The molecule has 0 aromatic carbocycles. The van der Waals surface area contributed by atoms with Gasteiger partial charge in [-0.3, -0.25) is 4.98 Å². The Hall–Kier alpha value is -1.25. The largest absolute Gasteiger partial charge is 0.395 e. The molecule has 0 aliphatic rings. The van der Waals surface area contributed by atoms with Gasteiger partial charge < -0.3 is 10.4 Å². The van der Waals surface area contributed by atoms with Crippen LogP contribution in [0.3, 0.4) is 0 Å². The van der Waals surface area contributed by atoms with Crippen LogP contribution in [0.15, 0.2) is 6.07 Å². The molecule has 0 aliphatic heterocycles. The summed E-state index contributed by atoms with van der Waals surface area (Å²) < 4.78 is 0. The van der Waals surface area contributed by atoms with Crippen LogP contribution in [0.2, 0.25) is 0 Å². The summed E-state index contributed by atoms with van der Waals surface area (Å²) in [5.41, 5.74) is 2.98. The molecule has 0 radical (unpaired) electrons. The molecule has 98 valence electrons. The first kappa shape index (κ1) is 14.8. The van der Waals surface area contributed by atoms with E-state index in [0.717, 1.165) is 17.1 Å². The summed E-state index contributed by atoms with van der Waals surface area (Å²) in [6, 6.07) is 4.13. The Bertz CT molecular complexity index is 452. The number of aryl methyl sites for hydroxylation is 2. The first-order chi connectivity index (χ1) is 8.53. The van der Waals surface area contributed by atoms with Crippen LogP contribution in [0.5, 0.6) is 0 Å². The number of hydrogen-bond acceptors (Lipinski definition) is 5. The number of nitrogens with one attached hydrogen (secondary N) is 1. The van der Waals surface area contributed by atoms with Crippen molar-refractivity contribution in [1.82, 2.24) is 4.98 Å². The first-order valence-electron chi connectivity index (χ1n) is 5.82. The third kappa shape index (κ3) is 3.37. The lowest BCUT2D eigenvalue weighted by molar-refractivity contribution is 0.288. The molecule has 2 atom stereocenters. The van der Waals surface area contributed by atoms with Gasteiger partial charge in [-0.05, 0) is 33.1 Å². The summed E-state index contributed by atoms with van der Waals surface area (Å²) in [5.74, 6) is 0. The Morgan fingerprint density at radius 2 is 2.22 bits per heavy atom. The van der Waals surface area contributed by atoms with Gasteiger partial charge in [-0.1, -0.05) is 0 Å². The Kier molecular flexibility index (Phi) is 5.45. The van der Waals surface area contributed by atoms with E-state index < -0.39 is 0 Å². The zero-order valence-corrected chi connectivity index (χ0v) is 12.0. The molecule has 0 amide bonds. The molecule has 18 heavy (non-hydrogen) atoms. The summed E-state index contributed by atoms with van der Waals surface area (Å²) in [4.78, 5) is 4.28. The summed E-state index contributed by atoms with van der Waals surface area (Å²) in [6.07, 6.45) is 1.97. The smallest absolute Gasteiger partial charge is 0.103 e. The van der Waals surface area contributed by atoms with E-state index in [4.69, 9.17) is 0 Å². The van der Waals surface area contributed by atoms with Gasteiger partial charge in [-0.2, -0.15) is 17.0 Å². The van der Waals surface area contributed by atoms with Crippen molar-refractivity contribution in [2.75, 3.05) is 18.2 Å². The van der Waals surface area contributed by atoms with Crippen molar-refractivity contribution in [2.45, 2.75) is 32.1 Å². The molecule has 1 heterocycles. The van der Waals surface area contributed by atoms with Gasteiger partial charge in [0.1, 0.15) is 6.07 Å². The molecule has 4 nitrogen and oxygen atoms in total.